The van der Waals surface area contributed by atoms with Crippen LogP contribution >= 0.6 is 0 Å². The summed E-state index contributed by atoms with van der Waals surface area (Å²) in [7, 11) is 1.60. The summed E-state index contributed by atoms with van der Waals surface area (Å²) in [6.45, 7) is 1.50. The molecule has 4 nitrogen and oxygen atoms in total. The van der Waals surface area contributed by atoms with Crippen LogP contribution in [0.1, 0.15) is 28.8 Å². The van der Waals surface area contributed by atoms with E-state index in [0.29, 0.717) is 37.2 Å². The standard InChI is InChI=1S/C26H26F2N2O2/c1-32-22-10-5-9-21(17-22)30(26(31)19-7-3-2-4-8-19)20-13-15-29(16-14-20)18-23-24(27)11-6-12-25(23)28/h2-12,17,20H,13-16,18H2,1H3. The number of halogens is 2. The lowest BCUT2D eigenvalue weighted by molar-refractivity contribution is 0.0958. The average Bonchev–Trinajstić information content (AvgIpc) is 2.83. The van der Waals surface area contributed by atoms with Gasteiger partial charge in [0.15, 0.2) is 0 Å². The van der Waals surface area contributed by atoms with Crippen LogP contribution in [0.3, 0.4) is 0 Å². The summed E-state index contributed by atoms with van der Waals surface area (Å²) in [5, 5.41) is 0. The maximum absolute atomic E-state index is 14.1. The first-order valence-electron chi connectivity index (χ1n) is 10.7. The summed E-state index contributed by atoms with van der Waals surface area (Å²) < 4.78 is 33.5. The van der Waals surface area contributed by atoms with Crippen LogP contribution in [0.5, 0.6) is 5.75 Å². The van der Waals surface area contributed by atoms with E-state index in [0.717, 1.165) is 5.69 Å². The molecule has 1 saturated heterocycles. The molecule has 3 aromatic rings. The number of carbonyl (C=O) groups excluding carboxylic acids is 1. The minimum Gasteiger partial charge on any atom is -0.497 e. The van der Waals surface area contributed by atoms with Gasteiger partial charge in [-0.2, -0.15) is 0 Å². The van der Waals surface area contributed by atoms with Crippen LogP contribution in [0, 0.1) is 11.6 Å². The molecule has 0 saturated carbocycles. The molecular weight excluding hydrogens is 410 g/mol. The molecular formula is C26H26F2N2O2. The number of nitrogens with zero attached hydrogens (tertiary/aromatic N) is 2. The first-order valence-corrected chi connectivity index (χ1v) is 10.7. The molecule has 3 aromatic carbocycles. The van der Waals surface area contributed by atoms with Crippen LogP contribution < -0.4 is 9.64 Å². The molecule has 1 aliphatic rings. The fraction of sp³-hybridized carbons (Fsp3) is 0.269. The summed E-state index contributed by atoms with van der Waals surface area (Å²) in [6, 6.07) is 20.6. The van der Waals surface area contributed by atoms with Gasteiger partial charge in [-0.25, -0.2) is 8.78 Å². The molecule has 0 spiro atoms. The summed E-state index contributed by atoms with van der Waals surface area (Å²) >= 11 is 0. The summed E-state index contributed by atoms with van der Waals surface area (Å²) in [5.74, 6) is -0.438. The molecule has 0 N–H and O–H groups in total. The highest BCUT2D eigenvalue weighted by atomic mass is 19.1. The lowest BCUT2D eigenvalue weighted by atomic mass is 10.00. The van der Waals surface area contributed by atoms with Crippen molar-refractivity contribution < 1.29 is 18.3 Å². The normalized spacial score (nSPS) is 14.8. The third-order valence-corrected chi connectivity index (χ3v) is 5.94. The van der Waals surface area contributed by atoms with Gasteiger partial charge in [-0.3, -0.25) is 9.69 Å². The van der Waals surface area contributed by atoms with E-state index in [1.54, 1.807) is 7.11 Å². The highest BCUT2D eigenvalue weighted by Gasteiger charge is 2.30. The number of amides is 1. The lowest BCUT2D eigenvalue weighted by Gasteiger charge is -2.38. The summed E-state index contributed by atoms with van der Waals surface area (Å²) in [6.07, 6.45) is 1.40. The molecule has 0 bridgehead atoms. The topological polar surface area (TPSA) is 32.8 Å². The SMILES string of the molecule is COc1cccc(N(C(=O)c2ccccc2)C2CCN(Cc3c(F)cccc3F)CC2)c1. The molecule has 1 heterocycles. The first kappa shape index (κ1) is 22.0. The van der Waals surface area contributed by atoms with Crippen molar-refractivity contribution >= 4 is 11.6 Å². The number of anilines is 1. The maximum atomic E-state index is 14.1. The van der Waals surface area contributed by atoms with Gasteiger partial charge >= 0.3 is 0 Å². The van der Waals surface area contributed by atoms with Gasteiger partial charge in [0.1, 0.15) is 17.4 Å². The molecule has 0 aromatic heterocycles. The van der Waals surface area contributed by atoms with Gasteiger partial charge in [0.05, 0.1) is 7.11 Å². The lowest BCUT2D eigenvalue weighted by Crippen LogP contribution is -2.47. The van der Waals surface area contributed by atoms with Gasteiger partial charge in [0.25, 0.3) is 5.91 Å². The van der Waals surface area contributed by atoms with Gasteiger partial charge in [-0.15, -0.1) is 0 Å². The Morgan fingerprint density at radius 2 is 1.62 bits per heavy atom. The second kappa shape index (κ2) is 9.92. The number of rotatable bonds is 6. The molecule has 0 radical (unpaired) electrons. The van der Waals surface area contributed by atoms with Crippen molar-refractivity contribution in [2.45, 2.75) is 25.4 Å². The van der Waals surface area contributed by atoms with Crippen molar-refractivity contribution in [2.75, 3.05) is 25.1 Å². The van der Waals surface area contributed by atoms with Crippen molar-refractivity contribution in [1.29, 1.82) is 0 Å². The zero-order chi connectivity index (χ0) is 22.5. The molecule has 0 aliphatic carbocycles. The Hall–Kier alpha value is -3.25. The van der Waals surface area contributed by atoms with Crippen molar-refractivity contribution in [1.82, 2.24) is 4.90 Å². The largest absolute Gasteiger partial charge is 0.497 e. The van der Waals surface area contributed by atoms with Crippen LogP contribution in [0.4, 0.5) is 14.5 Å². The smallest absolute Gasteiger partial charge is 0.258 e. The fourth-order valence-corrected chi connectivity index (χ4v) is 4.22. The number of hydrogen-bond donors (Lipinski definition) is 0. The predicted molar refractivity (Wildman–Crippen MR) is 121 cm³/mol. The van der Waals surface area contributed by atoms with E-state index in [4.69, 9.17) is 4.74 Å². The van der Waals surface area contributed by atoms with Gasteiger partial charge in [-0.1, -0.05) is 30.3 Å². The average molecular weight is 437 g/mol. The highest BCUT2D eigenvalue weighted by Crippen LogP contribution is 2.29. The third kappa shape index (κ3) is 4.81. The molecule has 1 amide bonds. The van der Waals surface area contributed by atoms with E-state index < -0.39 is 11.6 Å². The molecule has 32 heavy (non-hydrogen) atoms. The van der Waals surface area contributed by atoms with Crippen LogP contribution in [-0.2, 0) is 6.54 Å². The second-order valence-corrected chi connectivity index (χ2v) is 7.95. The third-order valence-electron chi connectivity index (χ3n) is 5.94. The Morgan fingerprint density at radius 1 is 0.969 bits per heavy atom. The number of benzene rings is 3. The fourth-order valence-electron chi connectivity index (χ4n) is 4.22. The molecule has 4 rings (SSSR count). The van der Waals surface area contributed by atoms with E-state index in [2.05, 4.69) is 0 Å². The monoisotopic (exact) mass is 436 g/mol. The molecule has 0 atom stereocenters. The molecule has 6 heteroatoms. The summed E-state index contributed by atoms with van der Waals surface area (Å²) in [4.78, 5) is 17.3. The van der Waals surface area contributed by atoms with Crippen molar-refractivity contribution in [3.8, 4) is 5.75 Å². The molecule has 0 unspecified atom stereocenters. The Labute approximate surface area is 187 Å². The van der Waals surface area contributed by atoms with E-state index in [9.17, 15) is 13.6 Å². The number of hydrogen-bond acceptors (Lipinski definition) is 3. The molecule has 1 aliphatic heterocycles. The minimum absolute atomic E-state index is 0.0310. The minimum atomic E-state index is -0.524. The van der Waals surface area contributed by atoms with Gasteiger partial charge in [0, 0.05) is 48.6 Å². The zero-order valence-corrected chi connectivity index (χ0v) is 18.0. The predicted octanol–water partition coefficient (Wildman–Crippen LogP) is 5.28. The molecule has 1 fully saturated rings. The molecule has 166 valence electrons. The Bertz CT molecular complexity index is 1050. The van der Waals surface area contributed by atoms with Gasteiger partial charge < -0.3 is 9.64 Å². The number of piperidine rings is 1. The number of ether oxygens (including phenoxy) is 1. The van der Waals surface area contributed by atoms with Gasteiger partial charge in [0.2, 0.25) is 0 Å². The number of carbonyl (C=O) groups is 1. The van der Waals surface area contributed by atoms with E-state index >= 15 is 0 Å². The Balaban J connectivity index is 1.54. The van der Waals surface area contributed by atoms with E-state index in [1.165, 1.54) is 18.2 Å². The second-order valence-electron chi connectivity index (χ2n) is 7.95. The van der Waals surface area contributed by atoms with Crippen molar-refractivity contribution in [3.63, 3.8) is 0 Å². The van der Waals surface area contributed by atoms with E-state index in [-0.39, 0.29) is 24.1 Å². The van der Waals surface area contributed by atoms with Crippen LogP contribution in [0.25, 0.3) is 0 Å². The Morgan fingerprint density at radius 3 is 2.28 bits per heavy atom. The van der Waals surface area contributed by atoms with Crippen molar-refractivity contribution in [2.24, 2.45) is 0 Å². The van der Waals surface area contributed by atoms with Crippen molar-refractivity contribution in [3.05, 3.63) is 95.6 Å². The zero-order valence-electron chi connectivity index (χ0n) is 18.0. The van der Waals surface area contributed by atoms with Crippen LogP contribution in [0.15, 0.2) is 72.8 Å². The van der Waals surface area contributed by atoms with Crippen LogP contribution in [-0.4, -0.2) is 37.0 Å². The quantitative estimate of drug-likeness (QED) is 0.527. The van der Waals surface area contributed by atoms with Crippen LogP contribution in [0.2, 0.25) is 0 Å². The first-order chi connectivity index (χ1) is 15.6. The van der Waals surface area contributed by atoms with E-state index in [1.807, 2.05) is 64.4 Å². The maximum Gasteiger partial charge on any atom is 0.258 e. The number of methoxy groups -OCH3 is 1. The number of likely N-dealkylation sites (tertiary alicyclic amines) is 1. The summed E-state index contributed by atoms with van der Waals surface area (Å²) in [5.41, 5.74) is 1.49. The highest BCUT2D eigenvalue weighted by molar-refractivity contribution is 6.06. The van der Waals surface area contributed by atoms with Gasteiger partial charge in [-0.05, 0) is 49.2 Å². The Kier molecular flexibility index (Phi) is 6.81.